The summed E-state index contributed by atoms with van der Waals surface area (Å²) < 4.78 is 6.25. The van der Waals surface area contributed by atoms with Crippen molar-refractivity contribution in [2.45, 2.75) is 57.5 Å². The molecule has 7 rings (SSSR count). The summed E-state index contributed by atoms with van der Waals surface area (Å²) in [4.78, 5) is 20.2. The van der Waals surface area contributed by atoms with Gasteiger partial charge in [-0.1, -0.05) is 6.42 Å². The van der Waals surface area contributed by atoms with Crippen molar-refractivity contribution in [2.24, 2.45) is 0 Å². The summed E-state index contributed by atoms with van der Waals surface area (Å²) >= 11 is 0. The number of aromatic nitrogens is 6. The van der Waals surface area contributed by atoms with Gasteiger partial charge in [-0.3, -0.25) is 10.1 Å². The molecule has 1 saturated heterocycles. The first-order valence-corrected chi connectivity index (χ1v) is 13.5. The van der Waals surface area contributed by atoms with Crippen LogP contribution < -0.4 is 9.64 Å². The molecule has 37 heavy (non-hydrogen) atoms. The number of anilines is 1. The van der Waals surface area contributed by atoms with E-state index >= 15 is 0 Å². The maximum absolute atomic E-state index is 6.25. The van der Waals surface area contributed by atoms with Gasteiger partial charge < -0.3 is 14.6 Å². The van der Waals surface area contributed by atoms with E-state index in [9.17, 15) is 0 Å². The van der Waals surface area contributed by atoms with Crippen molar-refractivity contribution < 1.29 is 4.74 Å². The molecule has 1 aliphatic heterocycles. The second-order valence-corrected chi connectivity index (χ2v) is 10.3. The molecular weight excluding hydrogens is 462 g/mol. The number of ether oxygens (including phenoxy) is 1. The minimum Gasteiger partial charge on any atom is -0.489 e. The van der Waals surface area contributed by atoms with Gasteiger partial charge in [0.25, 0.3) is 0 Å². The highest BCUT2D eigenvalue weighted by Crippen LogP contribution is 2.34. The predicted octanol–water partition coefficient (Wildman–Crippen LogP) is 6.27. The molecule has 0 bridgehead atoms. The Balaban J connectivity index is 1.23. The number of aromatic amines is 2. The lowest BCUT2D eigenvalue weighted by molar-refractivity contribution is 0.154. The van der Waals surface area contributed by atoms with E-state index in [-0.39, 0.29) is 6.10 Å². The number of piperidine rings is 1. The van der Waals surface area contributed by atoms with Crippen LogP contribution in [-0.4, -0.2) is 49.3 Å². The predicted molar refractivity (Wildman–Crippen MR) is 146 cm³/mol. The second kappa shape index (κ2) is 9.50. The first-order valence-electron chi connectivity index (χ1n) is 13.5. The molecule has 5 aromatic rings. The zero-order valence-electron chi connectivity index (χ0n) is 20.9. The highest BCUT2D eigenvalue weighted by Gasteiger charge is 2.19. The third-order valence-corrected chi connectivity index (χ3v) is 7.71. The van der Waals surface area contributed by atoms with E-state index in [1.165, 1.54) is 38.5 Å². The number of nitrogens with zero attached hydrogens (tertiary/aromatic N) is 5. The smallest absolute Gasteiger partial charge is 0.138 e. The average Bonchev–Trinajstić information content (AvgIpc) is 3.58. The topological polar surface area (TPSA) is 95.6 Å². The highest BCUT2D eigenvalue weighted by molar-refractivity contribution is 5.98. The van der Waals surface area contributed by atoms with E-state index in [2.05, 4.69) is 37.2 Å². The number of rotatable bonds is 5. The molecule has 8 nitrogen and oxygen atoms in total. The van der Waals surface area contributed by atoms with Gasteiger partial charge in [0.15, 0.2) is 0 Å². The molecule has 0 amide bonds. The third-order valence-electron chi connectivity index (χ3n) is 7.71. The highest BCUT2D eigenvalue weighted by atomic mass is 16.5. The van der Waals surface area contributed by atoms with Gasteiger partial charge in [0.05, 0.1) is 34.7 Å². The molecule has 0 radical (unpaired) electrons. The lowest BCUT2D eigenvalue weighted by Gasteiger charge is -2.28. The van der Waals surface area contributed by atoms with Crippen molar-refractivity contribution in [3.63, 3.8) is 0 Å². The molecule has 2 fully saturated rings. The van der Waals surface area contributed by atoms with E-state index in [0.29, 0.717) is 0 Å². The minimum absolute atomic E-state index is 0.285. The van der Waals surface area contributed by atoms with Gasteiger partial charge in [-0.25, -0.2) is 9.97 Å². The summed E-state index contributed by atoms with van der Waals surface area (Å²) in [6, 6.07) is 10.3. The summed E-state index contributed by atoms with van der Waals surface area (Å²) in [5.74, 6) is 1.86. The van der Waals surface area contributed by atoms with E-state index < -0.39 is 0 Å². The Hall–Kier alpha value is -3.94. The maximum atomic E-state index is 6.25. The van der Waals surface area contributed by atoms with Crippen LogP contribution in [0, 0.1) is 0 Å². The Kier molecular flexibility index (Phi) is 5.72. The van der Waals surface area contributed by atoms with Crippen LogP contribution in [0.15, 0.2) is 48.9 Å². The molecule has 6 heterocycles. The first kappa shape index (κ1) is 22.3. The molecule has 5 aromatic heterocycles. The molecule has 0 aromatic carbocycles. The van der Waals surface area contributed by atoms with Crippen LogP contribution in [0.1, 0.15) is 51.4 Å². The molecule has 2 N–H and O–H groups in total. The maximum Gasteiger partial charge on any atom is 0.138 e. The lowest BCUT2D eigenvalue weighted by atomic mass is 9.98. The van der Waals surface area contributed by atoms with Gasteiger partial charge in [0.2, 0.25) is 0 Å². The van der Waals surface area contributed by atoms with Crippen molar-refractivity contribution in [3.05, 3.63) is 48.9 Å². The zero-order valence-corrected chi connectivity index (χ0v) is 20.9. The molecule has 1 saturated carbocycles. The van der Waals surface area contributed by atoms with Crippen LogP contribution in [0.5, 0.6) is 5.75 Å². The van der Waals surface area contributed by atoms with E-state index in [4.69, 9.17) is 14.7 Å². The first-order chi connectivity index (χ1) is 18.3. The minimum atomic E-state index is 0.285. The largest absolute Gasteiger partial charge is 0.489 e. The van der Waals surface area contributed by atoms with E-state index in [1.807, 2.05) is 30.6 Å². The Bertz CT molecular complexity index is 1540. The molecule has 1 aliphatic carbocycles. The molecule has 8 heteroatoms. The van der Waals surface area contributed by atoms with E-state index in [0.717, 1.165) is 82.1 Å². The summed E-state index contributed by atoms with van der Waals surface area (Å²) in [7, 11) is 0. The van der Waals surface area contributed by atoms with Crippen molar-refractivity contribution in [1.82, 2.24) is 30.1 Å². The number of hydrogen-bond acceptors (Lipinski definition) is 6. The Morgan fingerprint density at radius 1 is 0.892 bits per heavy atom. The van der Waals surface area contributed by atoms with Crippen LogP contribution in [0.4, 0.5) is 5.82 Å². The molecule has 2 aliphatic rings. The van der Waals surface area contributed by atoms with Crippen molar-refractivity contribution >= 4 is 27.8 Å². The van der Waals surface area contributed by atoms with Crippen molar-refractivity contribution in [3.8, 4) is 28.4 Å². The fraction of sp³-hybridized carbons (Fsp3) is 0.379. The van der Waals surface area contributed by atoms with Crippen LogP contribution >= 0.6 is 0 Å². The van der Waals surface area contributed by atoms with Gasteiger partial charge in [-0.05, 0) is 75.3 Å². The molecular formula is C29H31N7O. The van der Waals surface area contributed by atoms with Crippen LogP contribution in [0.3, 0.4) is 0 Å². The number of hydrogen-bond donors (Lipinski definition) is 2. The van der Waals surface area contributed by atoms with Gasteiger partial charge in [-0.2, -0.15) is 5.10 Å². The fourth-order valence-electron chi connectivity index (χ4n) is 5.77. The summed E-state index contributed by atoms with van der Waals surface area (Å²) in [6.45, 7) is 2.11. The SMILES string of the molecule is c1cc2[nH]c(-c3n[nH]c4ccc(-c5cncc(OC6CCCCC6)c5)nc34)cc2c(N2CCCCC2)n1. The fourth-order valence-corrected chi connectivity index (χ4v) is 5.77. The average molecular weight is 494 g/mol. The van der Waals surface area contributed by atoms with Crippen LogP contribution in [0.2, 0.25) is 0 Å². The number of H-pyrrole nitrogens is 2. The van der Waals surface area contributed by atoms with Crippen molar-refractivity contribution in [1.29, 1.82) is 0 Å². The molecule has 0 atom stereocenters. The number of pyridine rings is 3. The van der Waals surface area contributed by atoms with Crippen molar-refractivity contribution in [2.75, 3.05) is 18.0 Å². The summed E-state index contributed by atoms with van der Waals surface area (Å²) in [5, 5.41) is 8.92. The standard InChI is InChI=1S/C29H31N7O/c1-3-7-20(8-4-1)37-21-15-19(17-30-18-21)23-9-10-25-27(33-23)28(35-34-25)26-16-22-24(32-26)11-12-31-29(22)36-13-5-2-6-14-36/h9-12,15-18,20,32H,1-8,13-14H2,(H,34,35). The quantitative estimate of drug-likeness (QED) is 0.300. The Morgan fingerprint density at radius 2 is 1.76 bits per heavy atom. The third kappa shape index (κ3) is 4.30. The monoisotopic (exact) mass is 493 g/mol. The Morgan fingerprint density at radius 3 is 2.65 bits per heavy atom. The molecule has 0 spiro atoms. The summed E-state index contributed by atoms with van der Waals surface area (Å²) in [5.41, 5.74) is 6.32. The van der Waals surface area contributed by atoms with Crippen LogP contribution in [-0.2, 0) is 0 Å². The van der Waals surface area contributed by atoms with Gasteiger partial charge in [-0.15, -0.1) is 0 Å². The van der Waals surface area contributed by atoms with Gasteiger partial charge in [0.1, 0.15) is 22.8 Å². The Labute approximate surface area is 215 Å². The van der Waals surface area contributed by atoms with Gasteiger partial charge >= 0.3 is 0 Å². The van der Waals surface area contributed by atoms with E-state index in [1.54, 1.807) is 6.20 Å². The normalized spacial score (nSPS) is 17.0. The number of nitrogens with one attached hydrogen (secondary N) is 2. The van der Waals surface area contributed by atoms with Crippen LogP contribution in [0.25, 0.3) is 44.6 Å². The molecule has 0 unspecified atom stereocenters. The number of fused-ring (bicyclic) bond motifs is 2. The van der Waals surface area contributed by atoms with Gasteiger partial charge in [0, 0.05) is 36.4 Å². The second-order valence-electron chi connectivity index (χ2n) is 10.3. The summed E-state index contributed by atoms with van der Waals surface area (Å²) in [6.07, 6.45) is 15.6. The lowest BCUT2D eigenvalue weighted by Crippen LogP contribution is -2.30. The zero-order chi connectivity index (χ0) is 24.6. The molecule has 188 valence electrons.